The molecule has 2 atom stereocenters. The first-order valence-electron chi connectivity index (χ1n) is 21.0. The maximum absolute atomic E-state index is 7.15. The molecular formula is C58H39NO2. The Hall–Kier alpha value is -7.88. The van der Waals surface area contributed by atoms with Gasteiger partial charge in [-0.3, -0.25) is 0 Å². The summed E-state index contributed by atoms with van der Waals surface area (Å²) in [5.41, 5.74) is 15.5. The van der Waals surface area contributed by atoms with Gasteiger partial charge in [-0.15, -0.1) is 0 Å². The Bertz CT molecular complexity index is 3310. The Kier molecular flexibility index (Phi) is 8.31. The van der Waals surface area contributed by atoms with E-state index >= 15 is 0 Å². The molecule has 12 rings (SSSR count). The standard InChI is InChI=1S/C58H39NO2/c1-4-15-38(16-5-1)39-27-31-43(32-28-39)59(53-25-14-24-49-47-22-12-13-26-54(47)60-57(49)53)44-33-29-41(30-34-44)51-37-52-50-36-35-45(40-17-6-2-7-18-40)55(42-19-8-3-9-20-42)58(50)61-56(52)48-23-11-10-21-46(48)51/h1-37,50,58H. The largest absolute Gasteiger partial charge is 0.484 e. The van der Waals surface area contributed by atoms with Crippen LogP contribution in [-0.4, -0.2) is 6.10 Å². The number of furan rings is 1. The van der Waals surface area contributed by atoms with Gasteiger partial charge in [0.05, 0.1) is 5.69 Å². The van der Waals surface area contributed by atoms with Gasteiger partial charge in [0.15, 0.2) is 5.58 Å². The zero-order valence-corrected chi connectivity index (χ0v) is 33.3. The zero-order valence-electron chi connectivity index (χ0n) is 33.3. The Morgan fingerprint density at radius 3 is 1.69 bits per heavy atom. The second kappa shape index (κ2) is 14.4. The topological polar surface area (TPSA) is 25.6 Å². The third-order valence-corrected chi connectivity index (χ3v) is 12.5. The smallest absolute Gasteiger partial charge is 0.159 e. The second-order valence-corrected chi connectivity index (χ2v) is 15.9. The monoisotopic (exact) mass is 781 g/mol. The first-order valence-corrected chi connectivity index (χ1v) is 21.0. The lowest BCUT2D eigenvalue weighted by Gasteiger charge is -2.27. The quantitative estimate of drug-likeness (QED) is 0.161. The Morgan fingerprint density at radius 2 is 0.984 bits per heavy atom. The normalized spacial score (nSPS) is 15.5. The third-order valence-electron chi connectivity index (χ3n) is 12.5. The third kappa shape index (κ3) is 5.89. The predicted molar refractivity (Wildman–Crippen MR) is 253 cm³/mol. The van der Waals surface area contributed by atoms with Gasteiger partial charge in [-0.05, 0) is 86.8 Å². The Labute approximate surface area is 354 Å². The van der Waals surface area contributed by atoms with E-state index in [0.717, 1.165) is 55.7 Å². The van der Waals surface area contributed by atoms with Gasteiger partial charge in [-0.25, -0.2) is 0 Å². The maximum atomic E-state index is 7.15. The minimum absolute atomic E-state index is 0.0685. The molecule has 0 saturated carbocycles. The van der Waals surface area contributed by atoms with Crippen molar-refractivity contribution in [3.8, 4) is 28.0 Å². The molecular weight excluding hydrogens is 743 g/mol. The molecule has 0 spiro atoms. The number of ether oxygens (including phenoxy) is 1. The molecule has 10 aromatic rings. The van der Waals surface area contributed by atoms with Crippen molar-refractivity contribution in [2.24, 2.45) is 0 Å². The minimum atomic E-state index is -0.151. The summed E-state index contributed by atoms with van der Waals surface area (Å²) in [6, 6.07) is 75.6. The summed E-state index contributed by atoms with van der Waals surface area (Å²) in [5, 5.41) is 4.51. The first-order chi connectivity index (χ1) is 30.3. The van der Waals surface area contributed by atoms with Crippen LogP contribution in [0.25, 0.3) is 66.1 Å². The number of benzene rings is 9. The number of rotatable bonds is 7. The molecule has 2 heterocycles. The molecule has 9 aromatic carbocycles. The molecule has 0 N–H and O–H groups in total. The summed E-state index contributed by atoms with van der Waals surface area (Å²) < 4.78 is 13.8. The fourth-order valence-corrected chi connectivity index (χ4v) is 9.60. The molecule has 288 valence electrons. The average molecular weight is 782 g/mol. The molecule has 0 saturated heterocycles. The van der Waals surface area contributed by atoms with Gasteiger partial charge in [-0.1, -0.05) is 182 Å². The van der Waals surface area contributed by atoms with E-state index in [0.29, 0.717) is 0 Å². The summed E-state index contributed by atoms with van der Waals surface area (Å²) >= 11 is 0. The van der Waals surface area contributed by atoms with E-state index in [2.05, 4.69) is 217 Å². The molecule has 0 bridgehead atoms. The lowest BCUT2D eigenvalue weighted by molar-refractivity contribution is 0.281. The van der Waals surface area contributed by atoms with Crippen LogP contribution in [0.15, 0.2) is 229 Å². The van der Waals surface area contributed by atoms with Gasteiger partial charge in [0.1, 0.15) is 17.4 Å². The van der Waals surface area contributed by atoms with Crippen molar-refractivity contribution in [1.82, 2.24) is 0 Å². The van der Waals surface area contributed by atoms with Crippen LogP contribution in [0, 0.1) is 0 Å². The van der Waals surface area contributed by atoms with Crippen molar-refractivity contribution in [2.45, 2.75) is 12.0 Å². The molecule has 2 unspecified atom stereocenters. The van der Waals surface area contributed by atoms with E-state index in [1.54, 1.807) is 0 Å². The summed E-state index contributed by atoms with van der Waals surface area (Å²) in [6.45, 7) is 0. The summed E-state index contributed by atoms with van der Waals surface area (Å²) in [7, 11) is 0. The van der Waals surface area contributed by atoms with Gasteiger partial charge in [0, 0.05) is 44.6 Å². The van der Waals surface area contributed by atoms with Gasteiger partial charge in [0.25, 0.3) is 0 Å². The van der Waals surface area contributed by atoms with Crippen LogP contribution in [-0.2, 0) is 0 Å². The van der Waals surface area contributed by atoms with Crippen molar-refractivity contribution >= 4 is 60.9 Å². The van der Waals surface area contributed by atoms with E-state index in [9.17, 15) is 0 Å². The summed E-state index contributed by atoms with van der Waals surface area (Å²) in [4.78, 5) is 2.32. The predicted octanol–water partition coefficient (Wildman–Crippen LogP) is 15.6. The number of hydrogen-bond acceptors (Lipinski definition) is 3. The highest BCUT2D eigenvalue weighted by molar-refractivity contribution is 6.10. The lowest BCUT2D eigenvalue weighted by atomic mass is 9.78. The van der Waals surface area contributed by atoms with Gasteiger partial charge in [-0.2, -0.15) is 0 Å². The van der Waals surface area contributed by atoms with E-state index < -0.39 is 0 Å². The molecule has 0 radical (unpaired) electrons. The van der Waals surface area contributed by atoms with Gasteiger partial charge in [0.2, 0.25) is 0 Å². The molecule has 3 nitrogen and oxygen atoms in total. The van der Waals surface area contributed by atoms with Crippen LogP contribution in [0.2, 0.25) is 0 Å². The minimum Gasteiger partial charge on any atom is -0.484 e. The van der Waals surface area contributed by atoms with E-state index in [-0.39, 0.29) is 12.0 Å². The van der Waals surface area contributed by atoms with Crippen LogP contribution in [0.4, 0.5) is 17.1 Å². The molecule has 0 amide bonds. The fraction of sp³-hybridized carbons (Fsp3) is 0.0345. The molecule has 1 aliphatic carbocycles. The van der Waals surface area contributed by atoms with Crippen LogP contribution in [0.1, 0.15) is 22.6 Å². The maximum Gasteiger partial charge on any atom is 0.159 e. The SMILES string of the molecule is C1=CC2c3cc(-c4ccc(N(c5ccc(-c6ccccc6)cc5)c5cccc6c5oc5ccccc56)cc4)c4ccccc4c3OC2C(c2ccccc2)=C1c1ccccc1. The van der Waals surface area contributed by atoms with E-state index in [1.165, 1.54) is 49.9 Å². The van der Waals surface area contributed by atoms with Crippen LogP contribution in [0.3, 0.4) is 0 Å². The Balaban J connectivity index is 0.973. The molecule has 1 aliphatic heterocycles. The Morgan fingerprint density at radius 1 is 0.426 bits per heavy atom. The number of para-hydroxylation sites is 2. The van der Waals surface area contributed by atoms with Crippen LogP contribution >= 0.6 is 0 Å². The summed E-state index contributed by atoms with van der Waals surface area (Å²) in [5.74, 6) is 1.04. The second-order valence-electron chi connectivity index (χ2n) is 15.9. The van der Waals surface area contributed by atoms with Gasteiger partial charge >= 0.3 is 0 Å². The van der Waals surface area contributed by atoms with Crippen LogP contribution < -0.4 is 9.64 Å². The highest BCUT2D eigenvalue weighted by atomic mass is 16.5. The highest BCUT2D eigenvalue weighted by Crippen LogP contribution is 2.53. The number of nitrogens with zero attached hydrogens (tertiary/aromatic N) is 1. The van der Waals surface area contributed by atoms with Crippen molar-refractivity contribution in [3.05, 3.63) is 241 Å². The molecule has 1 aromatic heterocycles. The molecule has 0 fully saturated rings. The number of allylic oxidation sites excluding steroid dienone is 2. The first kappa shape index (κ1) is 35.1. The van der Waals surface area contributed by atoms with Crippen LogP contribution in [0.5, 0.6) is 5.75 Å². The number of fused-ring (bicyclic) bond motifs is 8. The van der Waals surface area contributed by atoms with Crippen molar-refractivity contribution < 1.29 is 9.15 Å². The molecule has 3 heteroatoms. The lowest BCUT2D eigenvalue weighted by Crippen LogP contribution is -2.23. The zero-order chi connectivity index (χ0) is 40.3. The average Bonchev–Trinajstić information content (AvgIpc) is 3.92. The highest BCUT2D eigenvalue weighted by Gasteiger charge is 2.40. The van der Waals surface area contributed by atoms with Crippen molar-refractivity contribution in [1.29, 1.82) is 0 Å². The van der Waals surface area contributed by atoms with Gasteiger partial charge < -0.3 is 14.1 Å². The van der Waals surface area contributed by atoms with Crippen molar-refractivity contribution in [2.75, 3.05) is 4.90 Å². The van der Waals surface area contributed by atoms with E-state index in [4.69, 9.17) is 9.15 Å². The fourth-order valence-electron chi connectivity index (χ4n) is 9.60. The molecule has 2 aliphatic rings. The number of hydrogen-bond donors (Lipinski definition) is 0. The summed E-state index contributed by atoms with van der Waals surface area (Å²) in [6.07, 6.45) is 4.51. The molecule has 61 heavy (non-hydrogen) atoms. The van der Waals surface area contributed by atoms with Crippen molar-refractivity contribution in [3.63, 3.8) is 0 Å². The van der Waals surface area contributed by atoms with E-state index in [1.807, 2.05) is 12.1 Å². The number of anilines is 3.